The first kappa shape index (κ1) is 22.0. The van der Waals surface area contributed by atoms with Crippen LogP contribution in [0.2, 0.25) is 0 Å². The molecule has 0 aromatic rings. The van der Waals surface area contributed by atoms with Crippen LogP contribution in [0.25, 0.3) is 0 Å². The summed E-state index contributed by atoms with van der Waals surface area (Å²) in [5.41, 5.74) is 6.18. The van der Waals surface area contributed by atoms with E-state index in [-0.39, 0.29) is 30.2 Å². The molecule has 1 amide bonds. The van der Waals surface area contributed by atoms with Gasteiger partial charge in [0.2, 0.25) is 5.91 Å². The number of nitrogens with two attached hydrogens (primary N) is 1. The van der Waals surface area contributed by atoms with E-state index in [0.717, 1.165) is 25.9 Å². The third-order valence-corrected chi connectivity index (χ3v) is 6.24. The number of hydrogen-bond donors (Lipinski definition) is 1. The van der Waals surface area contributed by atoms with E-state index in [9.17, 15) is 4.79 Å². The van der Waals surface area contributed by atoms with Crippen LogP contribution in [0.1, 0.15) is 64.2 Å². The first-order chi connectivity index (χ1) is 10.7. The van der Waals surface area contributed by atoms with E-state index in [1.54, 1.807) is 0 Å². The smallest absolute Gasteiger partial charge is 0.223 e. The van der Waals surface area contributed by atoms with Crippen LogP contribution in [-0.2, 0) is 4.79 Å². The molecular weight excluding hydrogens is 345 g/mol. The number of amides is 1. The minimum Gasteiger partial charge on any atom is -0.338 e. The van der Waals surface area contributed by atoms with E-state index >= 15 is 0 Å². The Hall–Kier alpha value is -0.0300. The van der Waals surface area contributed by atoms with Gasteiger partial charge in [-0.1, -0.05) is 19.3 Å². The fourth-order valence-electron chi connectivity index (χ4n) is 4.79. The van der Waals surface area contributed by atoms with Gasteiger partial charge in [-0.2, -0.15) is 0 Å². The van der Waals surface area contributed by atoms with Crippen molar-refractivity contribution in [3.05, 3.63) is 0 Å². The molecule has 1 saturated carbocycles. The average Bonchev–Trinajstić information content (AvgIpc) is 3.20. The zero-order valence-electron chi connectivity index (χ0n) is 14.9. The second kappa shape index (κ2) is 10.2. The molecule has 0 aromatic heterocycles. The monoisotopic (exact) mass is 379 g/mol. The van der Waals surface area contributed by atoms with Gasteiger partial charge in [0.25, 0.3) is 0 Å². The van der Waals surface area contributed by atoms with Gasteiger partial charge in [-0.25, -0.2) is 0 Å². The zero-order chi connectivity index (χ0) is 15.4. The Morgan fingerprint density at radius 3 is 2.25 bits per heavy atom. The summed E-state index contributed by atoms with van der Waals surface area (Å²) >= 11 is 0. The molecule has 1 aliphatic carbocycles. The largest absolute Gasteiger partial charge is 0.338 e. The molecule has 1 unspecified atom stereocenters. The van der Waals surface area contributed by atoms with Crippen LogP contribution in [0.15, 0.2) is 0 Å². The van der Waals surface area contributed by atoms with Crippen molar-refractivity contribution in [2.45, 2.75) is 70.3 Å². The van der Waals surface area contributed by atoms with Crippen molar-refractivity contribution in [2.75, 3.05) is 32.7 Å². The first-order valence-corrected chi connectivity index (χ1v) is 9.44. The number of halogens is 2. The highest BCUT2D eigenvalue weighted by Gasteiger charge is 2.37. The SMILES string of the molecule is Cl.Cl.NCC1(CC(=O)N2CCCC2CN2CCCC2)CCCCC1. The molecular formula is C18H35Cl2N3O. The maximum atomic E-state index is 12.9. The molecule has 3 rings (SSSR count). The van der Waals surface area contributed by atoms with Gasteiger partial charge in [0.15, 0.2) is 0 Å². The van der Waals surface area contributed by atoms with Crippen LogP contribution in [0, 0.1) is 5.41 Å². The van der Waals surface area contributed by atoms with Crippen molar-refractivity contribution >= 4 is 30.7 Å². The normalized spacial score (nSPS) is 26.7. The molecule has 2 N–H and O–H groups in total. The van der Waals surface area contributed by atoms with Crippen molar-refractivity contribution in [3.63, 3.8) is 0 Å². The Labute approximate surface area is 159 Å². The summed E-state index contributed by atoms with van der Waals surface area (Å²) in [7, 11) is 0. The Kier molecular flexibility index (Phi) is 9.35. The maximum Gasteiger partial charge on any atom is 0.223 e. The maximum absolute atomic E-state index is 12.9. The van der Waals surface area contributed by atoms with Crippen molar-refractivity contribution in [1.82, 2.24) is 9.80 Å². The lowest BCUT2D eigenvalue weighted by atomic mass is 9.71. The Bertz CT molecular complexity index is 382. The number of likely N-dealkylation sites (tertiary alicyclic amines) is 2. The molecule has 3 fully saturated rings. The molecule has 2 saturated heterocycles. The summed E-state index contributed by atoms with van der Waals surface area (Å²) in [5, 5.41) is 0. The van der Waals surface area contributed by atoms with Gasteiger partial charge in [0.05, 0.1) is 0 Å². The van der Waals surface area contributed by atoms with Crippen LogP contribution in [-0.4, -0.2) is 54.5 Å². The van der Waals surface area contributed by atoms with E-state index in [1.165, 1.54) is 58.0 Å². The molecule has 6 heteroatoms. The van der Waals surface area contributed by atoms with E-state index in [0.29, 0.717) is 24.9 Å². The Morgan fingerprint density at radius 2 is 1.62 bits per heavy atom. The van der Waals surface area contributed by atoms with Crippen LogP contribution in [0.3, 0.4) is 0 Å². The number of rotatable bonds is 5. The molecule has 0 spiro atoms. The standard InChI is InChI=1S/C18H33N3O.2ClH/c19-15-18(8-2-1-3-9-18)13-17(22)21-12-6-7-16(21)14-20-10-4-5-11-20;;/h16H,1-15,19H2;2*1H. The molecule has 2 aliphatic heterocycles. The highest BCUT2D eigenvalue weighted by molar-refractivity contribution is 5.85. The second-order valence-corrected chi connectivity index (χ2v) is 7.83. The molecule has 1 atom stereocenters. The number of carbonyl (C=O) groups is 1. The average molecular weight is 380 g/mol. The van der Waals surface area contributed by atoms with Crippen LogP contribution < -0.4 is 5.73 Å². The number of nitrogens with zero attached hydrogens (tertiary/aromatic N) is 2. The summed E-state index contributed by atoms with van der Waals surface area (Å²) in [6.45, 7) is 5.21. The lowest BCUT2D eigenvalue weighted by Gasteiger charge is -2.38. The Morgan fingerprint density at radius 1 is 0.958 bits per heavy atom. The van der Waals surface area contributed by atoms with Gasteiger partial charge in [0, 0.05) is 25.6 Å². The molecule has 0 radical (unpaired) electrons. The van der Waals surface area contributed by atoms with E-state index in [2.05, 4.69) is 9.80 Å². The molecule has 2 heterocycles. The van der Waals surface area contributed by atoms with Gasteiger partial charge in [-0.15, -0.1) is 24.8 Å². The molecule has 0 aromatic carbocycles. The van der Waals surface area contributed by atoms with E-state index in [4.69, 9.17) is 5.73 Å². The fraction of sp³-hybridized carbons (Fsp3) is 0.944. The van der Waals surface area contributed by atoms with Crippen molar-refractivity contribution in [2.24, 2.45) is 11.1 Å². The molecule has 0 bridgehead atoms. The van der Waals surface area contributed by atoms with Crippen molar-refractivity contribution in [3.8, 4) is 0 Å². The zero-order valence-corrected chi connectivity index (χ0v) is 16.5. The van der Waals surface area contributed by atoms with Gasteiger partial charge in [-0.05, 0) is 63.6 Å². The minimum atomic E-state index is 0. The predicted molar refractivity (Wildman–Crippen MR) is 104 cm³/mol. The predicted octanol–water partition coefficient (Wildman–Crippen LogP) is 3.22. The van der Waals surface area contributed by atoms with Crippen LogP contribution >= 0.6 is 24.8 Å². The third-order valence-electron chi connectivity index (χ3n) is 6.24. The number of carbonyl (C=O) groups excluding carboxylic acids is 1. The Balaban J connectivity index is 0.00000144. The summed E-state index contributed by atoms with van der Waals surface area (Å²) in [6, 6.07) is 0.462. The quantitative estimate of drug-likeness (QED) is 0.797. The van der Waals surface area contributed by atoms with Crippen molar-refractivity contribution < 1.29 is 4.79 Å². The number of hydrogen-bond acceptors (Lipinski definition) is 3. The lowest BCUT2D eigenvalue weighted by Crippen LogP contribution is -2.45. The van der Waals surface area contributed by atoms with Crippen molar-refractivity contribution in [1.29, 1.82) is 0 Å². The summed E-state index contributed by atoms with van der Waals surface area (Å²) < 4.78 is 0. The highest BCUT2D eigenvalue weighted by atomic mass is 35.5. The topological polar surface area (TPSA) is 49.6 Å². The molecule has 142 valence electrons. The first-order valence-electron chi connectivity index (χ1n) is 9.44. The lowest BCUT2D eigenvalue weighted by molar-refractivity contribution is -0.135. The van der Waals surface area contributed by atoms with E-state index in [1.807, 2.05) is 0 Å². The van der Waals surface area contributed by atoms with Gasteiger partial charge in [0.1, 0.15) is 0 Å². The van der Waals surface area contributed by atoms with Crippen LogP contribution in [0.4, 0.5) is 0 Å². The molecule has 4 nitrogen and oxygen atoms in total. The third kappa shape index (κ3) is 5.23. The van der Waals surface area contributed by atoms with Gasteiger partial charge in [-0.3, -0.25) is 4.79 Å². The van der Waals surface area contributed by atoms with Gasteiger partial charge < -0.3 is 15.5 Å². The summed E-state index contributed by atoms with van der Waals surface area (Å²) in [5.74, 6) is 0.383. The summed E-state index contributed by atoms with van der Waals surface area (Å²) in [6.07, 6.45) is 11.9. The van der Waals surface area contributed by atoms with E-state index < -0.39 is 0 Å². The second-order valence-electron chi connectivity index (χ2n) is 7.83. The molecule has 3 aliphatic rings. The summed E-state index contributed by atoms with van der Waals surface area (Å²) in [4.78, 5) is 17.7. The highest BCUT2D eigenvalue weighted by Crippen LogP contribution is 2.39. The fourth-order valence-corrected chi connectivity index (χ4v) is 4.79. The van der Waals surface area contributed by atoms with Gasteiger partial charge >= 0.3 is 0 Å². The minimum absolute atomic E-state index is 0. The van der Waals surface area contributed by atoms with Crippen LogP contribution in [0.5, 0.6) is 0 Å². The molecule has 24 heavy (non-hydrogen) atoms.